The van der Waals surface area contributed by atoms with Gasteiger partial charge in [-0.15, -0.1) is 0 Å². The summed E-state index contributed by atoms with van der Waals surface area (Å²) in [6, 6.07) is 0.168. The minimum atomic E-state index is 0.168. The first-order valence-electron chi connectivity index (χ1n) is 6.34. The summed E-state index contributed by atoms with van der Waals surface area (Å²) in [6.07, 6.45) is 12.5. The van der Waals surface area contributed by atoms with Crippen molar-refractivity contribution in [3.8, 4) is 0 Å². The van der Waals surface area contributed by atoms with Gasteiger partial charge in [0.15, 0.2) is 0 Å². The fourth-order valence-corrected chi connectivity index (χ4v) is 1.90. The molecular formula is C12H24N4. The van der Waals surface area contributed by atoms with Crippen LogP contribution in [0.4, 0.5) is 0 Å². The van der Waals surface area contributed by atoms with E-state index in [0.29, 0.717) is 0 Å². The number of nitrogens with one attached hydrogen (secondary N) is 2. The van der Waals surface area contributed by atoms with Gasteiger partial charge in [-0.05, 0) is 6.42 Å². The van der Waals surface area contributed by atoms with Crippen LogP contribution >= 0.6 is 0 Å². The van der Waals surface area contributed by atoms with Crippen LogP contribution in [0.25, 0.3) is 0 Å². The second kappa shape index (κ2) is 8.30. The summed E-state index contributed by atoms with van der Waals surface area (Å²) in [4.78, 5) is 7.31. The van der Waals surface area contributed by atoms with E-state index in [1.165, 1.54) is 38.5 Å². The van der Waals surface area contributed by atoms with Gasteiger partial charge in [0.2, 0.25) is 0 Å². The highest BCUT2D eigenvalue weighted by Crippen LogP contribution is 2.16. The molecular weight excluding hydrogens is 200 g/mol. The molecule has 0 saturated carbocycles. The van der Waals surface area contributed by atoms with Crippen LogP contribution < -0.4 is 11.3 Å². The molecule has 0 radical (unpaired) electrons. The number of hydrazine groups is 1. The Morgan fingerprint density at radius 2 is 2.06 bits per heavy atom. The van der Waals surface area contributed by atoms with Gasteiger partial charge in [-0.2, -0.15) is 0 Å². The number of nitrogens with zero attached hydrogens (tertiary/aromatic N) is 1. The molecule has 1 aromatic rings. The zero-order valence-electron chi connectivity index (χ0n) is 10.2. The lowest BCUT2D eigenvalue weighted by Crippen LogP contribution is -2.28. The van der Waals surface area contributed by atoms with E-state index < -0.39 is 0 Å². The monoisotopic (exact) mass is 224 g/mol. The van der Waals surface area contributed by atoms with Crippen LogP contribution in [-0.2, 0) is 0 Å². The number of rotatable bonds is 9. The number of imidazole rings is 1. The van der Waals surface area contributed by atoms with Gasteiger partial charge in [-0.1, -0.05) is 45.4 Å². The van der Waals surface area contributed by atoms with E-state index in [1.54, 1.807) is 6.20 Å². The topological polar surface area (TPSA) is 66.7 Å². The minimum Gasteiger partial charge on any atom is -0.347 e. The zero-order valence-corrected chi connectivity index (χ0v) is 10.2. The number of H-pyrrole nitrogens is 1. The van der Waals surface area contributed by atoms with Crippen molar-refractivity contribution < 1.29 is 0 Å². The molecule has 92 valence electrons. The summed E-state index contributed by atoms with van der Waals surface area (Å²) >= 11 is 0. The van der Waals surface area contributed by atoms with Gasteiger partial charge in [0.25, 0.3) is 0 Å². The molecule has 1 heterocycles. The quantitative estimate of drug-likeness (QED) is 0.343. The average Bonchev–Trinajstić information content (AvgIpc) is 2.82. The van der Waals surface area contributed by atoms with Crippen LogP contribution in [0.2, 0.25) is 0 Å². The molecule has 0 aliphatic heterocycles. The van der Waals surface area contributed by atoms with Crippen molar-refractivity contribution >= 4 is 0 Å². The normalized spacial score (nSPS) is 12.9. The molecule has 4 nitrogen and oxygen atoms in total. The van der Waals surface area contributed by atoms with Crippen LogP contribution in [0.5, 0.6) is 0 Å². The van der Waals surface area contributed by atoms with Crippen molar-refractivity contribution in [3.63, 3.8) is 0 Å². The second-order valence-electron chi connectivity index (χ2n) is 4.25. The summed E-state index contributed by atoms with van der Waals surface area (Å²) in [5.41, 5.74) is 2.81. The first-order valence-corrected chi connectivity index (χ1v) is 6.34. The van der Waals surface area contributed by atoms with E-state index in [9.17, 15) is 0 Å². The zero-order chi connectivity index (χ0) is 11.6. The summed E-state index contributed by atoms with van der Waals surface area (Å²) in [5, 5.41) is 0. The molecule has 0 fully saturated rings. The molecule has 0 spiro atoms. The molecule has 0 bridgehead atoms. The Hall–Kier alpha value is -0.870. The molecule has 0 aromatic carbocycles. The van der Waals surface area contributed by atoms with Gasteiger partial charge >= 0.3 is 0 Å². The number of aromatic amines is 1. The van der Waals surface area contributed by atoms with E-state index in [2.05, 4.69) is 22.3 Å². The highest BCUT2D eigenvalue weighted by atomic mass is 15.2. The lowest BCUT2D eigenvalue weighted by atomic mass is 10.1. The first kappa shape index (κ1) is 13.2. The molecule has 4 heteroatoms. The third-order valence-corrected chi connectivity index (χ3v) is 2.90. The van der Waals surface area contributed by atoms with Gasteiger partial charge in [0.05, 0.1) is 6.04 Å². The van der Waals surface area contributed by atoms with Crippen molar-refractivity contribution in [1.82, 2.24) is 15.4 Å². The van der Waals surface area contributed by atoms with Crippen LogP contribution in [0.3, 0.4) is 0 Å². The number of nitrogens with two attached hydrogens (primary N) is 1. The van der Waals surface area contributed by atoms with Crippen LogP contribution in [0.15, 0.2) is 12.4 Å². The molecule has 0 amide bonds. The van der Waals surface area contributed by atoms with E-state index >= 15 is 0 Å². The Bertz CT molecular complexity index is 246. The van der Waals surface area contributed by atoms with Gasteiger partial charge in [0, 0.05) is 12.4 Å². The summed E-state index contributed by atoms with van der Waals surface area (Å²) in [6.45, 7) is 2.24. The van der Waals surface area contributed by atoms with Crippen LogP contribution in [0.1, 0.15) is 63.7 Å². The van der Waals surface area contributed by atoms with Crippen molar-refractivity contribution in [1.29, 1.82) is 0 Å². The van der Waals surface area contributed by atoms with Crippen molar-refractivity contribution in [2.24, 2.45) is 5.84 Å². The Morgan fingerprint density at radius 1 is 1.31 bits per heavy atom. The molecule has 1 atom stereocenters. The van der Waals surface area contributed by atoms with Crippen molar-refractivity contribution in [2.75, 3.05) is 0 Å². The van der Waals surface area contributed by atoms with E-state index in [0.717, 1.165) is 12.2 Å². The minimum absolute atomic E-state index is 0.168. The van der Waals surface area contributed by atoms with E-state index in [4.69, 9.17) is 5.84 Å². The maximum atomic E-state index is 5.52. The third kappa shape index (κ3) is 4.77. The molecule has 16 heavy (non-hydrogen) atoms. The van der Waals surface area contributed by atoms with Gasteiger partial charge < -0.3 is 4.98 Å². The Balaban J connectivity index is 2.11. The molecule has 0 aliphatic carbocycles. The predicted octanol–water partition coefficient (Wildman–Crippen LogP) is 2.66. The highest BCUT2D eigenvalue weighted by Gasteiger charge is 2.10. The lowest BCUT2D eigenvalue weighted by Gasteiger charge is -2.12. The summed E-state index contributed by atoms with van der Waals surface area (Å²) in [5.74, 6) is 6.46. The van der Waals surface area contributed by atoms with Crippen molar-refractivity contribution in [3.05, 3.63) is 18.2 Å². The first-order chi connectivity index (χ1) is 7.88. The third-order valence-electron chi connectivity index (χ3n) is 2.90. The van der Waals surface area contributed by atoms with Crippen LogP contribution in [0, 0.1) is 0 Å². The fraction of sp³-hybridized carbons (Fsp3) is 0.750. The molecule has 0 saturated heterocycles. The average molecular weight is 224 g/mol. The molecule has 1 unspecified atom stereocenters. The number of unbranched alkanes of at least 4 members (excludes halogenated alkanes) is 5. The highest BCUT2D eigenvalue weighted by molar-refractivity contribution is 4.94. The number of hydrogen-bond acceptors (Lipinski definition) is 3. The number of aromatic nitrogens is 2. The van der Waals surface area contributed by atoms with Crippen molar-refractivity contribution in [2.45, 2.75) is 57.9 Å². The maximum absolute atomic E-state index is 5.52. The predicted molar refractivity (Wildman–Crippen MR) is 66.6 cm³/mol. The number of hydrogen-bond donors (Lipinski definition) is 3. The fourth-order valence-electron chi connectivity index (χ4n) is 1.90. The molecule has 0 aliphatic rings. The summed E-state index contributed by atoms with van der Waals surface area (Å²) < 4.78 is 0. The van der Waals surface area contributed by atoms with Gasteiger partial charge in [-0.3, -0.25) is 5.84 Å². The second-order valence-corrected chi connectivity index (χ2v) is 4.25. The Labute approximate surface area is 98.0 Å². The maximum Gasteiger partial charge on any atom is 0.124 e. The summed E-state index contributed by atoms with van der Waals surface area (Å²) in [7, 11) is 0. The smallest absolute Gasteiger partial charge is 0.124 e. The Kier molecular flexibility index (Phi) is 6.85. The van der Waals surface area contributed by atoms with Crippen LogP contribution in [-0.4, -0.2) is 9.97 Å². The largest absolute Gasteiger partial charge is 0.347 e. The standard InChI is InChI=1S/C12H24N4/c1-2-3-4-5-6-7-8-11(16-13)12-14-9-10-15-12/h9-11,16H,2-8,13H2,1H3,(H,14,15). The SMILES string of the molecule is CCCCCCCCC(NN)c1ncc[nH]1. The van der Waals surface area contributed by atoms with Gasteiger partial charge in [0.1, 0.15) is 5.82 Å². The molecule has 1 aromatic heterocycles. The lowest BCUT2D eigenvalue weighted by molar-refractivity contribution is 0.461. The van der Waals surface area contributed by atoms with E-state index in [1.807, 2.05) is 6.20 Å². The molecule has 4 N–H and O–H groups in total. The Morgan fingerprint density at radius 3 is 2.69 bits per heavy atom. The molecule has 1 rings (SSSR count). The van der Waals surface area contributed by atoms with E-state index in [-0.39, 0.29) is 6.04 Å². The van der Waals surface area contributed by atoms with Gasteiger partial charge in [-0.25, -0.2) is 10.4 Å².